The van der Waals surface area contributed by atoms with E-state index in [1.165, 1.54) is 0 Å². The second-order valence-electron chi connectivity index (χ2n) is 1.93. The van der Waals surface area contributed by atoms with E-state index < -0.39 is 0 Å². The van der Waals surface area contributed by atoms with Crippen LogP contribution >= 0.6 is 22.9 Å². The molecule has 2 heterocycles. The lowest BCUT2D eigenvalue weighted by atomic mass is 10.4. The van der Waals surface area contributed by atoms with Crippen LogP contribution in [0.1, 0.15) is 0 Å². The van der Waals surface area contributed by atoms with E-state index in [4.69, 9.17) is 0 Å². The molecule has 0 fully saturated rings. The molecule has 0 radical (unpaired) electrons. The molecular formula is C6H4IN3. The van der Waals surface area contributed by atoms with Gasteiger partial charge in [-0.25, -0.2) is 9.97 Å². The van der Waals surface area contributed by atoms with Crippen LogP contribution in [-0.4, -0.2) is 12.7 Å². The first-order valence-electron chi connectivity index (χ1n) is 2.81. The molecule has 50 valence electrons. The van der Waals surface area contributed by atoms with E-state index in [1.807, 2.05) is 15.0 Å². The summed E-state index contributed by atoms with van der Waals surface area (Å²) in [6.07, 6.45) is 5.31. The van der Waals surface area contributed by atoms with E-state index in [9.17, 15) is 0 Å². The van der Waals surface area contributed by atoms with Gasteiger partial charge in [-0.2, -0.15) is 0 Å². The van der Waals surface area contributed by atoms with Gasteiger partial charge in [0.2, 0.25) is 0 Å². The summed E-state index contributed by atoms with van der Waals surface area (Å²) in [6.45, 7) is 0. The third kappa shape index (κ3) is 0.792. The Morgan fingerprint density at radius 1 is 1.50 bits per heavy atom. The lowest BCUT2D eigenvalue weighted by Crippen LogP contribution is -1.80. The van der Waals surface area contributed by atoms with Gasteiger partial charge in [0, 0.05) is 17.8 Å². The summed E-state index contributed by atoms with van der Waals surface area (Å²) in [4.78, 5) is 7.98. The highest BCUT2D eigenvalue weighted by molar-refractivity contribution is 14.1. The minimum absolute atomic E-state index is 0.968. The fraction of sp³-hybridized carbons (Fsp3) is 0. The Bertz CT molecular complexity index is 355. The zero-order valence-electron chi connectivity index (χ0n) is 5.03. The van der Waals surface area contributed by atoms with Crippen molar-refractivity contribution in [1.29, 1.82) is 0 Å². The number of hydrogen-bond donors (Lipinski definition) is 0. The van der Waals surface area contributed by atoms with Crippen molar-refractivity contribution in [3.63, 3.8) is 0 Å². The molecule has 10 heavy (non-hydrogen) atoms. The van der Waals surface area contributed by atoms with Crippen LogP contribution < -0.4 is 0 Å². The predicted octanol–water partition coefficient (Wildman–Crippen LogP) is 1.63. The largest absolute Gasteiger partial charge is 0.273 e. The van der Waals surface area contributed by atoms with Crippen molar-refractivity contribution < 1.29 is 0 Å². The molecule has 0 amide bonds. The topological polar surface area (TPSA) is 30.7 Å². The molecular weight excluding hydrogens is 241 g/mol. The van der Waals surface area contributed by atoms with Crippen LogP contribution in [0.15, 0.2) is 24.8 Å². The van der Waals surface area contributed by atoms with E-state index in [0.29, 0.717) is 0 Å². The molecule has 3 nitrogen and oxygen atoms in total. The second-order valence-corrected chi connectivity index (χ2v) is 2.97. The average molecular weight is 245 g/mol. The first-order valence-corrected chi connectivity index (χ1v) is 3.77. The minimum atomic E-state index is 0.968. The highest BCUT2D eigenvalue weighted by Gasteiger charge is 1.96. The van der Waals surface area contributed by atoms with Crippen LogP contribution in [-0.2, 0) is 0 Å². The van der Waals surface area contributed by atoms with Gasteiger partial charge < -0.3 is 0 Å². The summed E-state index contributed by atoms with van der Waals surface area (Å²) in [5.41, 5.74) is 0.968. The summed E-state index contributed by atoms with van der Waals surface area (Å²) in [5.74, 6) is 0. The maximum absolute atomic E-state index is 4.09. The Morgan fingerprint density at radius 3 is 3.20 bits per heavy atom. The van der Waals surface area contributed by atoms with Crippen molar-refractivity contribution >= 4 is 33.9 Å². The van der Waals surface area contributed by atoms with Gasteiger partial charge in [0.05, 0.1) is 22.9 Å². The third-order valence-electron chi connectivity index (χ3n) is 1.31. The zero-order valence-corrected chi connectivity index (χ0v) is 7.19. The van der Waals surface area contributed by atoms with Crippen LogP contribution in [0.25, 0.3) is 11.0 Å². The highest BCUT2D eigenvalue weighted by Crippen LogP contribution is 2.12. The SMILES string of the molecule is In1ccc2cncnc21. The van der Waals surface area contributed by atoms with Crippen molar-refractivity contribution in [3.05, 3.63) is 24.8 Å². The molecule has 0 aromatic carbocycles. The molecule has 4 heteroatoms. The Kier molecular flexibility index (Phi) is 1.33. The molecule has 0 aliphatic rings. The molecule has 0 N–H and O–H groups in total. The molecule has 0 unspecified atom stereocenters. The maximum Gasteiger partial charge on any atom is 0.152 e. The Hall–Kier alpha value is -0.650. The predicted molar refractivity (Wildman–Crippen MR) is 46.9 cm³/mol. The first-order chi connectivity index (χ1) is 4.88. The summed E-state index contributed by atoms with van der Waals surface area (Å²) >= 11 is 2.18. The number of fused-ring (bicyclic) bond motifs is 1. The maximum atomic E-state index is 4.09. The van der Waals surface area contributed by atoms with Gasteiger partial charge in [-0.15, -0.1) is 0 Å². The zero-order chi connectivity index (χ0) is 6.97. The number of rotatable bonds is 0. The molecule has 0 spiro atoms. The molecule has 0 aliphatic carbocycles. The van der Waals surface area contributed by atoms with Gasteiger partial charge >= 0.3 is 0 Å². The van der Waals surface area contributed by atoms with Gasteiger partial charge in [-0.1, -0.05) is 0 Å². The van der Waals surface area contributed by atoms with Crippen molar-refractivity contribution in [2.45, 2.75) is 0 Å². The van der Waals surface area contributed by atoms with Crippen molar-refractivity contribution in [2.24, 2.45) is 0 Å². The summed E-state index contributed by atoms with van der Waals surface area (Å²) < 4.78 is 1.94. The molecule has 0 saturated carbocycles. The van der Waals surface area contributed by atoms with Crippen LogP contribution in [0.3, 0.4) is 0 Å². The average Bonchev–Trinajstić information content (AvgIpc) is 2.34. The highest BCUT2D eigenvalue weighted by atomic mass is 127. The molecule has 0 saturated heterocycles. The fourth-order valence-corrected chi connectivity index (χ4v) is 1.41. The lowest BCUT2D eigenvalue weighted by molar-refractivity contribution is 1.19. The van der Waals surface area contributed by atoms with Crippen molar-refractivity contribution in [3.8, 4) is 0 Å². The number of nitrogens with zero attached hydrogens (tertiary/aromatic N) is 3. The minimum Gasteiger partial charge on any atom is -0.273 e. The summed E-state index contributed by atoms with van der Waals surface area (Å²) in [7, 11) is 0. The van der Waals surface area contributed by atoms with Crippen molar-refractivity contribution in [1.82, 2.24) is 12.7 Å². The monoisotopic (exact) mass is 245 g/mol. The number of halogens is 1. The smallest absolute Gasteiger partial charge is 0.152 e. The van der Waals surface area contributed by atoms with Crippen LogP contribution in [0.4, 0.5) is 0 Å². The standard InChI is InChI=1S/C6H4IN3/c7-10-2-1-5-3-8-4-9-6(5)10/h1-4H. The molecule has 0 atom stereocenters. The normalized spacial score (nSPS) is 10.5. The van der Waals surface area contributed by atoms with Gasteiger partial charge in [-0.3, -0.25) is 2.78 Å². The van der Waals surface area contributed by atoms with Gasteiger partial charge in [-0.05, 0) is 6.07 Å². The van der Waals surface area contributed by atoms with E-state index in [2.05, 4.69) is 32.8 Å². The van der Waals surface area contributed by atoms with E-state index in [-0.39, 0.29) is 0 Å². The molecule has 2 rings (SSSR count). The van der Waals surface area contributed by atoms with Crippen LogP contribution in [0, 0.1) is 0 Å². The van der Waals surface area contributed by atoms with E-state index >= 15 is 0 Å². The molecule has 2 aromatic heterocycles. The molecule has 0 bridgehead atoms. The second kappa shape index (κ2) is 2.19. The first kappa shape index (κ1) is 6.09. The van der Waals surface area contributed by atoms with Gasteiger partial charge in [0.1, 0.15) is 6.33 Å². The third-order valence-corrected chi connectivity index (χ3v) is 2.08. The van der Waals surface area contributed by atoms with Crippen LogP contribution in [0.2, 0.25) is 0 Å². The van der Waals surface area contributed by atoms with Gasteiger partial charge in [0.25, 0.3) is 0 Å². The van der Waals surface area contributed by atoms with Gasteiger partial charge in [0.15, 0.2) is 5.65 Å². The Morgan fingerprint density at radius 2 is 2.40 bits per heavy atom. The van der Waals surface area contributed by atoms with E-state index in [0.717, 1.165) is 11.0 Å². The number of hydrogen-bond acceptors (Lipinski definition) is 2. The quantitative estimate of drug-likeness (QED) is 0.660. The molecule has 2 aromatic rings. The van der Waals surface area contributed by atoms with Crippen LogP contribution in [0.5, 0.6) is 0 Å². The lowest BCUT2D eigenvalue weighted by Gasteiger charge is -1.88. The summed E-state index contributed by atoms with van der Waals surface area (Å²) in [5, 5.41) is 1.08. The Labute approximate surface area is 71.6 Å². The molecule has 0 aliphatic heterocycles. The van der Waals surface area contributed by atoms with Crippen molar-refractivity contribution in [2.75, 3.05) is 0 Å². The number of aromatic nitrogens is 3. The fourth-order valence-electron chi connectivity index (χ4n) is 0.846. The van der Waals surface area contributed by atoms with E-state index in [1.54, 1.807) is 12.5 Å². The summed E-state index contributed by atoms with van der Waals surface area (Å²) in [6, 6.07) is 1.99. The Balaban J connectivity index is 2.93.